The molecule has 4 aromatic rings. The number of methoxy groups -OCH3 is 1. The van der Waals surface area contributed by atoms with E-state index >= 15 is 0 Å². The van der Waals surface area contributed by atoms with Crippen molar-refractivity contribution in [1.82, 2.24) is 4.98 Å². The Morgan fingerprint density at radius 2 is 1.77 bits per heavy atom. The van der Waals surface area contributed by atoms with E-state index in [1.54, 1.807) is 38.2 Å². The van der Waals surface area contributed by atoms with Gasteiger partial charge >= 0.3 is 5.97 Å². The van der Waals surface area contributed by atoms with Crippen molar-refractivity contribution < 1.29 is 22.7 Å². The van der Waals surface area contributed by atoms with Crippen molar-refractivity contribution in [2.45, 2.75) is 25.2 Å². The molecule has 1 N–H and O–H groups in total. The second-order valence-corrected chi connectivity index (χ2v) is 11.4. The Morgan fingerprint density at radius 3 is 2.51 bits per heavy atom. The zero-order chi connectivity index (χ0) is 25.2. The third kappa shape index (κ3) is 4.91. The molecular formula is C28H28NO5S+. The van der Waals surface area contributed by atoms with Gasteiger partial charge < -0.3 is 14.3 Å². The number of ether oxygens (including phenoxy) is 2. The second-order valence-electron chi connectivity index (χ2n) is 8.88. The van der Waals surface area contributed by atoms with Crippen molar-refractivity contribution in [2.24, 2.45) is 0 Å². The van der Waals surface area contributed by atoms with Crippen LogP contribution in [0.4, 0.5) is 0 Å². The van der Waals surface area contributed by atoms with E-state index in [2.05, 4.69) is 4.98 Å². The number of nitrogens with zero attached hydrogens (tertiary/aromatic N) is 1. The van der Waals surface area contributed by atoms with Crippen LogP contribution in [0.5, 0.6) is 5.75 Å². The molecule has 0 spiro atoms. The van der Waals surface area contributed by atoms with Crippen LogP contribution in [0.2, 0.25) is 0 Å². The molecule has 1 heterocycles. The zero-order valence-electron chi connectivity index (χ0n) is 20.1. The number of aromatic nitrogens is 1. The van der Waals surface area contributed by atoms with Gasteiger partial charge in [-0.25, -0.2) is 8.42 Å². The summed E-state index contributed by atoms with van der Waals surface area (Å²) in [4.78, 5) is 14.6. The molecule has 0 bridgehead atoms. The van der Waals surface area contributed by atoms with Crippen LogP contribution in [0.3, 0.4) is 0 Å². The largest absolute Gasteiger partial charge is 0.521 e. The van der Waals surface area contributed by atoms with E-state index in [1.807, 2.05) is 54.6 Å². The predicted octanol–water partition coefficient (Wildman–Crippen LogP) is 5.26. The summed E-state index contributed by atoms with van der Waals surface area (Å²) in [6.07, 6.45) is 2.99. The lowest BCUT2D eigenvalue weighted by molar-refractivity contribution is 0.300. The first-order valence-corrected chi connectivity index (χ1v) is 13.0. The van der Waals surface area contributed by atoms with E-state index in [-0.39, 0.29) is 12.6 Å². The van der Waals surface area contributed by atoms with Crippen molar-refractivity contribution >= 4 is 26.7 Å². The van der Waals surface area contributed by atoms with E-state index in [1.165, 1.54) is 13.4 Å². The Kier molecular flexibility index (Phi) is 6.63. The molecule has 0 aliphatic carbocycles. The first-order chi connectivity index (χ1) is 16.6. The lowest BCUT2D eigenvalue weighted by atomic mass is 9.93. The standard InChI is InChI=1S/C28H27NO5S/c1-28(2,35(4,31)32)22-16-21-11-8-14-29-26(21)24(17-22)20-10-7-9-19(15-20)18-34-25-13-6-5-12-23(25)27(30)33-3/h5-17H,18H2,1-4H3/p+1. The number of pyridine rings is 1. The maximum Gasteiger partial charge on any atom is 0.521 e. The third-order valence-corrected chi connectivity index (χ3v) is 8.36. The number of carbonyl (C=O) groups excluding carboxylic acids is 1. The van der Waals surface area contributed by atoms with Crippen molar-refractivity contribution in [3.8, 4) is 16.9 Å². The maximum atomic E-state index is 12.5. The maximum absolute atomic E-state index is 12.5. The molecule has 1 aromatic heterocycles. The Morgan fingerprint density at radius 1 is 1.00 bits per heavy atom. The van der Waals surface area contributed by atoms with Gasteiger partial charge in [-0.05, 0) is 66.9 Å². The van der Waals surface area contributed by atoms with Crippen LogP contribution in [0.1, 0.15) is 30.5 Å². The van der Waals surface area contributed by atoms with Crippen LogP contribution in [0.25, 0.3) is 22.0 Å². The zero-order valence-corrected chi connectivity index (χ0v) is 21.0. The molecule has 0 saturated heterocycles. The van der Waals surface area contributed by atoms with Crippen molar-refractivity contribution in [2.75, 3.05) is 13.4 Å². The molecule has 3 aromatic carbocycles. The van der Waals surface area contributed by atoms with E-state index in [0.29, 0.717) is 16.9 Å². The fourth-order valence-electron chi connectivity index (χ4n) is 3.84. The lowest BCUT2D eigenvalue weighted by Crippen LogP contribution is -2.28. The number of para-hydroxylation sites is 1. The highest BCUT2D eigenvalue weighted by atomic mass is 32.2. The third-order valence-electron chi connectivity index (χ3n) is 6.27. The topological polar surface area (TPSA) is 86.9 Å². The average Bonchev–Trinajstić information content (AvgIpc) is 2.86. The SMILES string of the molecule is COC(=[OH+])c1ccccc1OCc1cccc(-c2cc(C(C)(C)S(C)(=O)=O)cc3cccnc23)c1. The molecule has 35 heavy (non-hydrogen) atoms. The molecule has 0 amide bonds. The summed E-state index contributed by atoms with van der Waals surface area (Å²) in [5, 5.41) is 0.873. The molecule has 0 atom stereocenters. The number of hydrogen-bond acceptors (Lipinski definition) is 5. The molecule has 0 aliphatic heterocycles. The van der Waals surface area contributed by atoms with Gasteiger partial charge in [-0.1, -0.05) is 36.4 Å². The molecule has 7 heteroatoms. The number of esters is 1. The van der Waals surface area contributed by atoms with E-state index in [0.717, 1.165) is 27.6 Å². The van der Waals surface area contributed by atoms with E-state index in [9.17, 15) is 13.2 Å². The van der Waals surface area contributed by atoms with Crippen molar-refractivity contribution in [3.05, 3.63) is 95.7 Å². The Hall–Kier alpha value is -3.71. The number of rotatable bonds is 7. The van der Waals surface area contributed by atoms with Gasteiger partial charge in [0.15, 0.2) is 22.5 Å². The molecule has 0 aliphatic rings. The molecule has 6 nitrogen and oxygen atoms in total. The minimum atomic E-state index is -3.36. The highest BCUT2D eigenvalue weighted by Crippen LogP contribution is 2.36. The highest BCUT2D eigenvalue weighted by molar-refractivity contribution is 7.91. The summed E-state index contributed by atoms with van der Waals surface area (Å²) in [7, 11) is -1.96. The van der Waals surface area contributed by atoms with Gasteiger partial charge in [0.25, 0.3) is 0 Å². The minimum Gasteiger partial charge on any atom is -0.488 e. The van der Waals surface area contributed by atoms with Gasteiger partial charge in [-0.15, -0.1) is 0 Å². The normalized spacial score (nSPS) is 11.9. The van der Waals surface area contributed by atoms with Crippen LogP contribution >= 0.6 is 0 Å². The summed E-state index contributed by atoms with van der Waals surface area (Å²) >= 11 is 0. The van der Waals surface area contributed by atoms with Crippen LogP contribution in [0.15, 0.2) is 79.0 Å². The summed E-state index contributed by atoms with van der Waals surface area (Å²) in [5.41, 5.74) is 4.63. The van der Waals surface area contributed by atoms with Gasteiger partial charge in [0.05, 0.1) is 10.3 Å². The quantitative estimate of drug-likeness (QED) is 0.261. The average molecular weight is 491 g/mol. The number of sulfone groups is 1. The van der Waals surface area contributed by atoms with Crippen molar-refractivity contribution in [1.29, 1.82) is 0 Å². The van der Waals surface area contributed by atoms with Crippen LogP contribution < -0.4 is 4.74 Å². The monoisotopic (exact) mass is 490 g/mol. The number of fused-ring (bicyclic) bond motifs is 1. The summed E-state index contributed by atoms with van der Waals surface area (Å²) in [6.45, 7) is 3.71. The van der Waals surface area contributed by atoms with Crippen molar-refractivity contribution in [3.63, 3.8) is 0 Å². The number of hydrogen-bond donors (Lipinski definition) is 0. The van der Waals surface area contributed by atoms with Gasteiger partial charge in [0, 0.05) is 23.4 Å². The summed E-state index contributed by atoms with van der Waals surface area (Å²) in [6, 6.07) is 22.6. The smallest absolute Gasteiger partial charge is 0.488 e. The lowest BCUT2D eigenvalue weighted by Gasteiger charge is -2.24. The van der Waals surface area contributed by atoms with E-state index < -0.39 is 14.6 Å². The fourth-order valence-corrected chi connectivity index (χ4v) is 4.39. The molecule has 0 fully saturated rings. The minimum absolute atomic E-state index is 0.211. The van der Waals surface area contributed by atoms with Crippen LogP contribution in [0, 0.1) is 0 Å². The summed E-state index contributed by atoms with van der Waals surface area (Å²) < 4.78 is 35.0. The second kappa shape index (κ2) is 9.50. The van der Waals surface area contributed by atoms with Crippen LogP contribution in [-0.2, 0) is 25.9 Å². The Balaban J connectivity index is 1.74. The molecular weight excluding hydrogens is 462 g/mol. The molecule has 180 valence electrons. The Labute approximate surface area is 205 Å². The highest BCUT2D eigenvalue weighted by Gasteiger charge is 2.33. The van der Waals surface area contributed by atoms with Gasteiger partial charge in [0.1, 0.15) is 12.4 Å². The van der Waals surface area contributed by atoms with Crippen LogP contribution in [-0.4, -0.2) is 37.5 Å². The molecule has 0 unspecified atom stereocenters. The fraction of sp³-hybridized carbons (Fsp3) is 0.214. The van der Waals surface area contributed by atoms with Gasteiger partial charge in [-0.2, -0.15) is 0 Å². The molecule has 0 saturated carbocycles. The molecule has 0 radical (unpaired) electrons. The van der Waals surface area contributed by atoms with Gasteiger partial charge in [0.2, 0.25) is 0 Å². The number of benzene rings is 3. The first kappa shape index (κ1) is 24.4. The van der Waals surface area contributed by atoms with Gasteiger partial charge in [-0.3, -0.25) is 4.98 Å². The van der Waals surface area contributed by atoms with E-state index in [4.69, 9.17) is 9.47 Å². The predicted molar refractivity (Wildman–Crippen MR) is 139 cm³/mol. The molecule has 4 rings (SSSR count). The Bertz CT molecular complexity index is 1510. The first-order valence-electron chi connectivity index (χ1n) is 11.1. The summed E-state index contributed by atoms with van der Waals surface area (Å²) in [5.74, 6) is 0.290.